The highest BCUT2D eigenvalue weighted by Gasteiger charge is 2.20. The zero-order chi connectivity index (χ0) is 18.5. The second-order valence-corrected chi connectivity index (χ2v) is 7.59. The van der Waals surface area contributed by atoms with Crippen molar-refractivity contribution in [2.45, 2.75) is 19.4 Å². The molecule has 0 saturated carbocycles. The van der Waals surface area contributed by atoms with Crippen LogP contribution < -0.4 is 5.32 Å². The fourth-order valence-corrected chi connectivity index (χ4v) is 3.57. The first-order chi connectivity index (χ1) is 12.5. The molecule has 1 amide bonds. The van der Waals surface area contributed by atoms with Gasteiger partial charge in [0.05, 0.1) is 0 Å². The van der Waals surface area contributed by atoms with Crippen molar-refractivity contribution in [3.8, 4) is 0 Å². The molecule has 2 aromatic rings. The fraction of sp³-hybridized carbons (Fsp3) is 0.350. The number of nitrogens with zero attached hydrogens (tertiary/aromatic N) is 1. The molecule has 138 valence electrons. The third-order valence-corrected chi connectivity index (χ3v) is 5.17. The largest absolute Gasteiger partial charge is 0.352 e. The maximum atomic E-state index is 13.4. The quantitative estimate of drug-likeness (QED) is 0.791. The number of rotatable bonds is 5. The molecule has 26 heavy (non-hydrogen) atoms. The Hall–Kier alpha value is -1.62. The van der Waals surface area contributed by atoms with Crippen LogP contribution in [0, 0.1) is 11.7 Å². The zero-order valence-electron chi connectivity index (χ0n) is 14.4. The summed E-state index contributed by atoms with van der Waals surface area (Å²) in [7, 11) is 0. The van der Waals surface area contributed by atoms with Crippen molar-refractivity contribution in [2.75, 3.05) is 19.6 Å². The van der Waals surface area contributed by atoms with Crippen LogP contribution in [0.25, 0.3) is 0 Å². The van der Waals surface area contributed by atoms with Crippen molar-refractivity contribution in [2.24, 2.45) is 5.92 Å². The molecule has 1 fully saturated rings. The molecule has 2 aromatic carbocycles. The van der Waals surface area contributed by atoms with Crippen LogP contribution in [0.5, 0.6) is 0 Å². The number of amides is 1. The van der Waals surface area contributed by atoms with E-state index in [4.69, 9.17) is 23.2 Å². The Morgan fingerprint density at radius 1 is 1.08 bits per heavy atom. The number of hydrogen-bond acceptors (Lipinski definition) is 2. The standard InChI is InChI=1S/C20H21Cl2FN2O/c21-17-3-1-15(2-4-17)13-25-7-5-14(6-8-25)12-24-20(26)16-9-18(22)11-19(23)10-16/h1-4,9-11,14H,5-8,12-13H2,(H,24,26). The smallest absolute Gasteiger partial charge is 0.251 e. The van der Waals surface area contributed by atoms with Gasteiger partial charge in [0, 0.05) is 28.7 Å². The number of piperidine rings is 1. The molecule has 0 atom stereocenters. The maximum absolute atomic E-state index is 13.4. The summed E-state index contributed by atoms with van der Waals surface area (Å²) < 4.78 is 13.4. The molecule has 0 aliphatic carbocycles. The van der Waals surface area contributed by atoms with E-state index >= 15 is 0 Å². The van der Waals surface area contributed by atoms with Gasteiger partial charge in [-0.15, -0.1) is 0 Å². The van der Waals surface area contributed by atoms with Gasteiger partial charge in [0.2, 0.25) is 0 Å². The average molecular weight is 395 g/mol. The molecule has 1 heterocycles. The third-order valence-electron chi connectivity index (χ3n) is 4.70. The summed E-state index contributed by atoms with van der Waals surface area (Å²) in [6.45, 7) is 3.50. The van der Waals surface area contributed by atoms with Gasteiger partial charge in [0.25, 0.3) is 5.91 Å². The van der Waals surface area contributed by atoms with Gasteiger partial charge in [-0.05, 0) is 67.7 Å². The number of halogens is 3. The van der Waals surface area contributed by atoms with E-state index in [1.165, 1.54) is 23.8 Å². The Morgan fingerprint density at radius 2 is 1.77 bits per heavy atom. The van der Waals surface area contributed by atoms with Gasteiger partial charge in [-0.2, -0.15) is 0 Å². The predicted octanol–water partition coefficient (Wildman–Crippen LogP) is 4.77. The van der Waals surface area contributed by atoms with E-state index in [1.54, 1.807) is 0 Å². The van der Waals surface area contributed by atoms with Gasteiger partial charge in [0.1, 0.15) is 5.82 Å². The Kier molecular flexibility index (Phi) is 6.52. The van der Waals surface area contributed by atoms with E-state index in [0.717, 1.165) is 37.5 Å². The summed E-state index contributed by atoms with van der Waals surface area (Å²) in [6, 6.07) is 11.8. The van der Waals surface area contributed by atoms with E-state index in [0.29, 0.717) is 12.5 Å². The number of nitrogens with one attached hydrogen (secondary N) is 1. The molecule has 1 aliphatic rings. The number of carbonyl (C=O) groups is 1. The monoisotopic (exact) mass is 394 g/mol. The second kappa shape index (κ2) is 8.85. The molecule has 6 heteroatoms. The second-order valence-electron chi connectivity index (χ2n) is 6.71. The van der Waals surface area contributed by atoms with Crippen LogP contribution in [0.1, 0.15) is 28.8 Å². The molecule has 0 aromatic heterocycles. The van der Waals surface area contributed by atoms with Crippen LogP contribution in [0.2, 0.25) is 10.0 Å². The first-order valence-corrected chi connectivity index (χ1v) is 9.46. The lowest BCUT2D eigenvalue weighted by Gasteiger charge is -2.32. The average Bonchev–Trinajstić information content (AvgIpc) is 2.62. The molecule has 1 aliphatic heterocycles. The van der Waals surface area contributed by atoms with E-state index in [2.05, 4.69) is 22.3 Å². The lowest BCUT2D eigenvalue weighted by atomic mass is 9.96. The Morgan fingerprint density at radius 3 is 2.42 bits per heavy atom. The molecule has 0 bridgehead atoms. The van der Waals surface area contributed by atoms with Crippen molar-refractivity contribution >= 4 is 29.1 Å². The number of benzene rings is 2. The minimum atomic E-state index is -0.502. The maximum Gasteiger partial charge on any atom is 0.251 e. The Labute approximate surface area is 163 Å². The summed E-state index contributed by atoms with van der Waals surface area (Å²) in [5.74, 6) is -0.349. The van der Waals surface area contributed by atoms with Gasteiger partial charge in [-0.3, -0.25) is 9.69 Å². The molecule has 3 nitrogen and oxygen atoms in total. The summed E-state index contributed by atoms with van der Waals surface area (Å²) >= 11 is 11.7. The van der Waals surface area contributed by atoms with Crippen LogP contribution in [0.4, 0.5) is 4.39 Å². The highest BCUT2D eigenvalue weighted by molar-refractivity contribution is 6.31. The van der Waals surface area contributed by atoms with Crippen molar-refractivity contribution in [1.82, 2.24) is 10.2 Å². The zero-order valence-corrected chi connectivity index (χ0v) is 15.9. The van der Waals surface area contributed by atoms with Crippen molar-refractivity contribution < 1.29 is 9.18 Å². The minimum Gasteiger partial charge on any atom is -0.352 e. The van der Waals surface area contributed by atoms with Crippen LogP contribution in [0.3, 0.4) is 0 Å². The molecule has 0 spiro atoms. The molecule has 3 rings (SSSR count). The van der Waals surface area contributed by atoms with E-state index in [9.17, 15) is 9.18 Å². The molecule has 1 N–H and O–H groups in total. The summed E-state index contributed by atoms with van der Waals surface area (Å²) in [6.07, 6.45) is 2.05. The molecule has 0 radical (unpaired) electrons. The van der Waals surface area contributed by atoms with Gasteiger partial charge >= 0.3 is 0 Å². The van der Waals surface area contributed by atoms with E-state index in [-0.39, 0.29) is 16.5 Å². The highest BCUT2D eigenvalue weighted by Crippen LogP contribution is 2.20. The SMILES string of the molecule is O=C(NCC1CCN(Cc2ccc(Cl)cc2)CC1)c1cc(F)cc(Cl)c1. The highest BCUT2D eigenvalue weighted by atomic mass is 35.5. The van der Waals surface area contributed by atoms with E-state index in [1.807, 2.05) is 12.1 Å². The molecular formula is C20H21Cl2FN2O. The van der Waals surface area contributed by atoms with Crippen molar-refractivity contribution in [3.05, 3.63) is 69.5 Å². The van der Waals surface area contributed by atoms with Crippen LogP contribution >= 0.6 is 23.2 Å². The summed E-state index contributed by atoms with van der Waals surface area (Å²) in [5, 5.41) is 3.88. The van der Waals surface area contributed by atoms with Crippen LogP contribution in [0.15, 0.2) is 42.5 Å². The Bertz CT molecular complexity index is 739. The lowest BCUT2D eigenvalue weighted by Crippen LogP contribution is -2.38. The molecule has 1 saturated heterocycles. The minimum absolute atomic E-state index is 0.227. The first-order valence-electron chi connectivity index (χ1n) is 8.71. The summed E-state index contributed by atoms with van der Waals surface area (Å²) in [5.41, 5.74) is 1.51. The van der Waals surface area contributed by atoms with Crippen molar-refractivity contribution in [1.29, 1.82) is 0 Å². The first kappa shape index (κ1) is 19.2. The fourth-order valence-electron chi connectivity index (χ4n) is 3.22. The topological polar surface area (TPSA) is 32.3 Å². The Balaban J connectivity index is 1.43. The number of carbonyl (C=O) groups excluding carboxylic acids is 1. The normalized spacial score (nSPS) is 15.8. The van der Waals surface area contributed by atoms with Gasteiger partial charge in [-0.25, -0.2) is 4.39 Å². The van der Waals surface area contributed by atoms with Gasteiger partial charge in [0.15, 0.2) is 0 Å². The molecule has 0 unspecified atom stereocenters. The predicted molar refractivity (Wildman–Crippen MR) is 103 cm³/mol. The molecular weight excluding hydrogens is 374 g/mol. The van der Waals surface area contributed by atoms with Gasteiger partial charge in [-0.1, -0.05) is 35.3 Å². The van der Waals surface area contributed by atoms with Crippen LogP contribution in [-0.4, -0.2) is 30.4 Å². The number of likely N-dealkylation sites (tertiary alicyclic amines) is 1. The van der Waals surface area contributed by atoms with Crippen LogP contribution in [-0.2, 0) is 6.54 Å². The van der Waals surface area contributed by atoms with Gasteiger partial charge < -0.3 is 5.32 Å². The lowest BCUT2D eigenvalue weighted by molar-refractivity contribution is 0.0934. The number of hydrogen-bond donors (Lipinski definition) is 1. The van der Waals surface area contributed by atoms with Crippen molar-refractivity contribution in [3.63, 3.8) is 0 Å². The van der Waals surface area contributed by atoms with E-state index < -0.39 is 5.82 Å². The third kappa shape index (κ3) is 5.44. The summed E-state index contributed by atoms with van der Waals surface area (Å²) in [4.78, 5) is 14.6.